The van der Waals surface area contributed by atoms with Gasteiger partial charge in [0.1, 0.15) is 12.2 Å². The van der Waals surface area contributed by atoms with Crippen LogP contribution in [0.1, 0.15) is 27.0 Å². The first-order valence-corrected chi connectivity index (χ1v) is 8.74. The summed E-state index contributed by atoms with van der Waals surface area (Å²) in [6.45, 7) is -0.276. The van der Waals surface area contributed by atoms with Crippen molar-refractivity contribution in [2.24, 2.45) is 7.05 Å². The fraction of sp³-hybridized carbons (Fsp3) is 0.200. The molecule has 0 bridgehead atoms. The van der Waals surface area contributed by atoms with Crippen molar-refractivity contribution in [3.05, 3.63) is 77.0 Å². The summed E-state index contributed by atoms with van der Waals surface area (Å²) >= 11 is 0. The lowest BCUT2D eigenvalue weighted by Crippen LogP contribution is -2.13. The van der Waals surface area contributed by atoms with Gasteiger partial charge in [0.2, 0.25) is 5.88 Å². The van der Waals surface area contributed by atoms with E-state index in [4.69, 9.17) is 4.74 Å². The summed E-state index contributed by atoms with van der Waals surface area (Å²) in [5.41, 5.74) is -1.40. The SMILES string of the molecule is Cn1cc(C(=O)Nc2ccc(C(F)(F)F)cc2)c(OCc2cccc(C(F)(F)F)c2)n1. The van der Waals surface area contributed by atoms with E-state index in [9.17, 15) is 31.1 Å². The highest BCUT2D eigenvalue weighted by molar-refractivity contribution is 6.05. The molecular weight excluding hydrogens is 428 g/mol. The zero-order valence-electron chi connectivity index (χ0n) is 15.9. The van der Waals surface area contributed by atoms with Gasteiger partial charge in [0.05, 0.1) is 11.1 Å². The molecule has 0 spiro atoms. The molecule has 1 N–H and O–H groups in total. The van der Waals surface area contributed by atoms with Crippen LogP contribution in [0.2, 0.25) is 0 Å². The first-order valence-electron chi connectivity index (χ1n) is 8.74. The highest BCUT2D eigenvalue weighted by Gasteiger charge is 2.31. The first kappa shape index (κ1) is 22.2. The molecule has 1 amide bonds. The van der Waals surface area contributed by atoms with Gasteiger partial charge in [-0.05, 0) is 42.0 Å². The molecule has 0 saturated heterocycles. The summed E-state index contributed by atoms with van der Waals surface area (Å²) in [7, 11) is 1.51. The Labute approximate surface area is 172 Å². The fourth-order valence-corrected chi connectivity index (χ4v) is 2.66. The van der Waals surface area contributed by atoms with Crippen molar-refractivity contribution in [1.29, 1.82) is 0 Å². The molecule has 31 heavy (non-hydrogen) atoms. The van der Waals surface area contributed by atoms with Gasteiger partial charge in [0, 0.05) is 18.9 Å². The third-order valence-corrected chi connectivity index (χ3v) is 4.14. The normalized spacial score (nSPS) is 12.0. The molecule has 0 radical (unpaired) electrons. The van der Waals surface area contributed by atoms with E-state index in [-0.39, 0.29) is 29.3 Å². The molecule has 0 aliphatic carbocycles. The summed E-state index contributed by atoms with van der Waals surface area (Å²) in [4.78, 5) is 12.5. The van der Waals surface area contributed by atoms with Crippen LogP contribution in [0.15, 0.2) is 54.7 Å². The summed E-state index contributed by atoms with van der Waals surface area (Å²) in [5.74, 6) is -0.837. The molecule has 164 valence electrons. The van der Waals surface area contributed by atoms with E-state index in [1.807, 2.05) is 0 Å². The number of carbonyl (C=O) groups excluding carboxylic acids is 1. The maximum Gasteiger partial charge on any atom is 0.416 e. The second-order valence-corrected chi connectivity index (χ2v) is 6.54. The second-order valence-electron chi connectivity index (χ2n) is 6.54. The van der Waals surface area contributed by atoms with Crippen LogP contribution in [0.25, 0.3) is 0 Å². The highest BCUT2D eigenvalue weighted by atomic mass is 19.4. The highest BCUT2D eigenvalue weighted by Crippen LogP contribution is 2.31. The van der Waals surface area contributed by atoms with Crippen molar-refractivity contribution in [3.8, 4) is 5.88 Å². The van der Waals surface area contributed by atoms with Crippen molar-refractivity contribution in [2.45, 2.75) is 19.0 Å². The Balaban J connectivity index is 1.72. The minimum atomic E-state index is -4.51. The predicted octanol–water partition coefficient (Wildman–Crippen LogP) is 5.29. The molecule has 0 unspecified atom stereocenters. The van der Waals surface area contributed by atoms with Crippen molar-refractivity contribution in [1.82, 2.24) is 9.78 Å². The average Bonchev–Trinajstić information content (AvgIpc) is 3.06. The molecule has 0 aliphatic rings. The summed E-state index contributed by atoms with van der Waals surface area (Å²) in [6, 6.07) is 8.35. The lowest BCUT2D eigenvalue weighted by atomic mass is 10.1. The average molecular weight is 443 g/mol. The van der Waals surface area contributed by atoms with Crippen LogP contribution in [0.5, 0.6) is 5.88 Å². The Morgan fingerprint density at radius 3 is 2.26 bits per heavy atom. The second kappa shape index (κ2) is 8.32. The number of carbonyl (C=O) groups is 1. The van der Waals surface area contributed by atoms with Crippen LogP contribution in [-0.4, -0.2) is 15.7 Å². The third-order valence-electron chi connectivity index (χ3n) is 4.14. The molecule has 0 aliphatic heterocycles. The minimum Gasteiger partial charge on any atom is -0.471 e. The number of benzene rings is 2. The maximum absolute atomic E-state index is 12.8. The zero-order valence-corrected chi connectivity index (χ0v) is 15.9. The lowest BCUT2D eigenvalue weighted by Gasteiger charge is -2.10. The Morgan fingerprint density at radius 1 is 1.00 bits per heavy atom. The predicted molar refractivity (Wildman–Crippen MR) is 98.4 cm³/mol. The quantitative estimate of drug-likeness (QED) is 0.546. The number of aromatic nitrogens is 2. The number of anilines is 1. The molecule has 2 aromatic carbocycles. The standard InChI is InChI=1S/C20H15F6N3O2/c1-29-10-16(17(30)27-15-7-5-13(6-8-15)19(21,22)23)18(28-29)31-11-12-3-2-4-14(9-12)20(24,25)26/h2-10H,11H2,1H3,(H,27,30). The number of aryl methyl sites for hydroxylation is 1. The van der Waals surface area contributed by atoms with Crippen molar-refractivity contribution < 1.29 is 35.9 Å². The van der Waals surface area contributed by atoms with Crippen LogP contribution in [0.4, 0.5) is 32.0 Å². The van der Waals surface area contributed by atoms with Gasteiger partial charge in [-0.25, -0.2) is 0 Å². The number of halogens is 6. The van der Waals surface area contributed by atoms with Gasteiger partial charge in [0.25, 0.3) is 5.91 Å². The molecule has 0 atom stereocenters. The summed E-state index contributed by atoms with van der Waals surface area (Å²) in [5, 5.41) is 6.40. The zero-order chi connectivity index (χ0) is 22.8. The molecule has 5 nitrogen and oxygen atoms in total. The largest absolute Gasteiger partial charge is 0.471 e. The molecule has 0 saturated carbocycles. The number of hydrogen-bond acceptors (Lipinski definition) is 3. The van der Waals surface area contributed by atoms with E-state index < -0.39 is 29.4 Å². The van der Waals surface area contributed by atoms with Gasteiger partial charge in [-0.3, -0.25) is 9.48 Å². The molecular formula is C20H15F6N3O2. The van der Waals surface area contributed by atoms with Crippen LogP contribution in [0.3, 0.4) is 0 Å². The van der Waals surface area contributed by atoms with Crippen LogP contribution in [-0.2, 0) is 26.0 Å². The fourth-order valence-electron chi connectivity index (χ4n) is 2.66. The van der Waals surface area contributed by atoms with Gasteiger partial charge >= 0.3 is 12.4 Å². The van der Waals surface area contributed by atoms with Gasteiger partial charge in [-0.15, -0.1) is 5.10 Å². The van der Waals surface area contributed by atoms with Crippen LogP contribution in [0, 0.1) is 0 Å². The number of amides is 1. The molecule has 0 fully saturated rings. The minimum absolute atomic E-state index is 0.0330. The van der Waals surface area contributed by atoms with Crippen LogP contribution >= 0.6 is 0 Å². The van der Waals surface area contributed by atoms with E-state index in [2.05, 4.69) is 10.4 Å². The van der Waals surface area contributed by atoms with E-state index in [0.717, 1.165) is 36.4 Å². The summed E-state index contributed by atoms with van der Waals surface area (Å²) < 4.78 is 83.1. The molecule has 1 aromatic heterocycles. The number of hydrogen-bond donors (Lipinski definition) is 1. The Kier molecular flexibility index (Phi) is 5.96. The third kappa shape index (κ3) is 5.56. The molecule has 11 heteroatoms. The van der Waals surface area contributed by atoms with E-state index in [1.165, 1.54) is 30.1 Å². The number of ether oxygens (including phenoxy) is 1. The van der Waals surface area contributed by atoms with Gasteiger partial charge in [0.15, 0.2) is 0 Å². The van der Waals surface area contributed by atoms with E-state index in [1.54, 1.807) is 0 Å². The van der Waals surface area contributed by atoms with Gasteiger partial charge < -0.3 is 10.1 Å². The van der Waals surface area contributed by atoms with Crippen molar-refractivity contribution in [3.63, 3.8) is 0 Å². The van der Waals surface area contributed by atoms with E-state index in [0.29, 0.717) is 0 Å². The first-order chi connectivity index (χ1) is 14.4. The monoisotopic (exact) mass is 443 g/mol. The van der Waals surface area contributed by atoms with E-state index >= 15 is 0 Å². The van der Waals surface area contributed by atoms with Gasteiger partial charge in [-0.1, -0.05) is 12.1 Å². The number of rotatable bonds is 5. The molecule has 1 heterocycles. The van der Waals surface area contributed by atoms with Crippen molar-refractivity contribution >= 4 is 11.6 Å². The number of nitrogens with one attached hydrogen (secondary N) is 1. The Morgan fingerprint density at radius 2 is 1.65 bits per heavy atom. The van der Waals surface area contributed by atoms with Gasteiger partial charge in [-0.2, -0.15) is 26.3 Å². The Bertz CT molecular complexity index is 1070. The number of alkyl halides is 6. The lowest BCUT2D eigenvalue weighted by molar-refractivity contribution is -0.138. The summed E-state index contributed by atoms with van der Waals surface area (Å²) in [6.07, 6.45) is -7.69. The number of nitrogens with zero attached hydrogens (tertiary/aromatic N) is 2. The maximum atomic E-state index is 12.8. The molecule has 3 rings (SSSR count). The van der Waals surface area contributed by atoms with Crippen molar-refractivity contribution in [2.75, 3.05) is 5.32 Å². The smallest absolute Gasteiger partial charge is 0.416 e. The van der Waals surface area contributed by atoms with Crippen LogP contribution < -0.4 is 10.1 Å². The topological polar surface area (TPSA) is 56.2 Å². The molecule has 3 aromatic rings. The Hall–Kier alpha value is -3.50.